The van der Waals surface area contributed by atoms with Crippen molar-refractivity contribution in [3.8, 4) is 5.75 Å². The van der Waals surface area contributed by atoms with Gasteiger partial charge in [0.05, 0.1) is 10.6 Å². The fourth-order valence-corrected chi connectivity index (χ4v) is 4.02. The van der Waals surface area contributed by atoms with Crippen molar-refractivity contribution in [1.82, 2.24) is 4.98 Å². The Balaban J connectivity index is 1.62. The van der Waals surface area contributed by atoms with Gasteiger partial charge in [0.25, 0.3) is 5.91 Å². The lowest BCUT2D eigenvalue weighted by atomic mass is 10.2. The SMILES string of the molecule is Cc1cc(Cl)ccc1OCc1csc(C(=O)Nc2nc(C)c(C)s2)c1. The molecule has 0 aliphatic rings. The van der Waals surface area contributed by atoms with E-state index in [-0.39, 0.29) is 5.91 Å². The molecule has 4 nitrogen and oxygen atoms in total. The van der Waals surface area contributed by atoms with Gasteiger partial charge in [0.2, 0.25) is 0 Å². The normalized spacial score (nSPS) is 10.7. The van der Waals surface area contributed by atoms with E-state index < -0.39 is 0 Å². The van der Waals surface area contributed by atoms with E-state index in [1.165, 1.54) is 22.7 Å². The predicted octanol–water partition coefficient (Wildman–Crippen LogP) is 5.61. The molecular weight excluding hydrogens is 376 g/mol. The molecule has 1 amide bonds. The summed E-state index contributed by atoms with van der Waals surface area (Å²) in [6.07, 6.45) is 0. The molecule has 2 aromatic heterocycles. The number of hydrogen-bond donors (Lipinski definition) is 1. The second kappa shape index (κ2) is 7.56. The van der Waals surface area contributed by atoms with Crippen molar-refractivity contribution in [1.29, 1.82) is 0 Å². The van der Waals surface area contributed by atoms with Gasteiger partial charge in [-0.05, 0) is 56.0 Å². The van der Waals surface area contributed by atoms with Crippen LogP contribution in [0.1, 0.15) is 31.4 Å². The quantitative estimate of drug-likeness (QED) is 0.613. The van der Waals surface area contributed by atoms with Crippen LogP contribution in [0.3, 0.4) is 0 Å². The molecule has 0 aliphatic carbocycles. The first kappa shape index (κ1) is 17.9. The van der Waals surface area contributed by atoms with E-state index in [1.807, 2.05) is 44.4 Å². The van der Waals surface area contributed by atoms with Crippen molar-refractivity contribution < 1.29 is 9.53 Å². The topological polar surface area (TPSA) is 51.2 Å². The van der Waals surface area contributed by atoms with Crippen LogP contribution in [0.5, 0.6) is 5.75 Å². The number of hydrogen-bond acceptors (Lipinski definition) is 5. The van der Waals surface area contributed by atoms with Gasteiger partial charge in [0.1, 0.15) is 12.4 Å². The van der Waals surface area contributed by atoms with Crippen LogP contribution >= 0.6 is 34.3 Å². The van der Waals surface area contributed by atoms with Crippen molar-refractivity contribution in [2.24, 2.45) is 0 Å². The summed E-state index contributed by atoms with van der Waals surface area (Å²) in [5.41, 5.74) is 2.88. The number of thiophene rings is 1. The number of benzene rings is 1. The highest BCUT2D eigenvalue weighted by molar-refractivity contribution is 7.16. The molecule has 0 spiro atoms. The molecular formula is C18H17ClN2O2S2. The third-order valence-corrected chi connectivity index (χ3v) is 5.86. The van der Waals surface area contributed by atoms with Crippen molar-refractivity contribution >= 4 is 45.3 Å². The lowest BCUT2D eigenvalue weighted by Gasteiger charge is -2.08. The molecule has 0 atom stereocenters. The lowest BCUT2D eigenvalue weighted by Crippen LogP contribution is -2.09. The van der Waals surface area contributed by atoms with Crippen LogP contribution in [-0.2, 0) is 6.61 Å². The summed E-state index contributed by atoms with van der Waals surface area (Å²) in [4.78, 5) is 18.4. The minimum Gasteiger partial charge on any atom is -0.489 e. The first-order chi connectivity index (χ1) is 11.9. The highest BCUT2D eigenvalue weighted by Gasteiger charge is 2.13. The predicted molar refractivity (Wildman–Crippen MR) is 104 cm³/mol. The first-order valence-electron chi connectivity index (χ1n) is 7.64. The van der Waals surface area contributed by atoms with Crippen LogP contribution in [0.2, 0.25) is 5.02 Å². The van der Waals surface area contributed by atoms with E-state index in [4.69, 9.17) is 16.3 Å². The molecule has 0 radical (unpaired) electrons. The van der Waals surface area contributed by atoms with Crippen molar-refractivity contribution in [2.45, 2.75) is 27.4 Å². The maximum absolute atomic E-state index is 12.3. The molecule has 0 fully saturated rings. The Hall–Kier alpha value is -1.89. The smallest absolute Gasteiger partial charge is 0.267 e. The Morgan fingerprint density at radius 2 is 2.08 bits per heavy atom. The number of amides is 1. The standard InChI is InChI=1S/C18H17ClN2O2S2/c1-10-6-14(19)4-5-15(10)23-8-13-7-16(24-9-13)17(22)21-18-20-11(2)12(3)25-18/h4-7,9H,8H2,1-3H3,(H,20,21,22). The Morgan fingerprint density at radius 3 is 2.76 bits per heavy atom. The minimum atomic E-state index is -0.146. The van der Waals surface area contributed by atoms with Crippen molar-refractivity contribution in [3.63, 3.8) is 0 Å². The number of thiazole rings is 1. The number of anilines is 1. The summed E-state index contributed by atoms with van der Waals surface area (Å²) in [5, 5.41) is 6.09. The van der Waals surface area contributed by atoms with Crippen LogP contribution in [0.15, 0.2) is 29.6 Å². The molecule has 130 valence electrons. The minimum absolute atomic E-state index is 0.146. The van der Waals surface area contributed by atoms with E-state index in [0.717, 1.165) is 27.4 Å². The zero-order valence-corrected chi connectivity index (χ0v) is 16.4. The largest absolute Gasteiger partial charge is 0.489 e. The maximum Gasteiger partial charge on any atom is 0.267 e. The Kier molecular flexibility index (Phi) is 5.42. The van der Waals surface area contributed by atoms with E-state index in [9.17, 15) is 4.79 Å². The second-order valence-corrected chi connectivity index (χ2v) is 8.18. The van der Waals surface area contributed by atoms with Gasteiger partial charge in [-0.3, -0.25) is 10.1 Å². The number of aromatic nitrogens is 1. The zero-order chi connectivity index (χ0) is 18.0. The average Bonchev–Trinajstić information content (AvgIpc) is 3.14. The van der Waals surface area contributed by atoms with Crippen LogP contribution in [0.25, 0.3) is 0 Å². The number of aryl methyl sites for hydroxylation is 3. The first-order valence-corrected chi connectivity index (χ1v) is 9.71. The van der Waals surface area contributed by atoms with Crippen molar-refractivity contribution in [2.75, 3.05) is 5.32 Å². The fourth-order valence-electron chi connectivity index (χ4n) is 2.19. The van der Waals surface area contributed by atoms with Gasteiger partial charge in [0, 0.05) is 15.5 Å². The Labute approximate surface area is 159 Å². The molecule has 25 heavy (non-hydrogen) atoms. The van der Waals surface area contributed by atoms with Gasteiger partial charge < -0.3 is 4.74 Å². The van der Waals surface area contributed by atoms with Crippen LogP contribution in [-0.4, -0.2) is 10.9 Å². The van der Waals surface area contributed by atoms with Gasteiger partial charge in [-0.15, -0.1) is 22.7 Å². The summed E-state index contributed by atoms with van der Waals surface area (Å²) in [5.74, 6) is 0.642. The van der Waals surface area contributed by atoms with Gasteiger partial charge >= 0.3 is 0 Å². The van der Waals surface area contributed by atoms with E-state index >= 15 is 0 Å². The summed E-state index contributed by atoms with van der Waals surface area (Å²) in [6.45, 7) is 6.27. The molecule has 0 aliphatic heterocycles. The number of carbonyl (C=O) groups excluding carboxylic acids is 1. The maximum atomic E-state index is 12.3. The summed E-state index contributed by atoms with van der Waals surface area (Å²) >= 11 is 8.82. The highest BCUT2D eigenvalue weighted by Crippen LogP contribution is 2.25. The molecule has 0 saturated carbocycles. The number of carbonyl (C=O) groups is 1. The molecule has 0 unspecified atom stereocenters. The average molecular weight is 393 g/mol. The zero-order valence-electron chi connectivity index (χ0n) is 14.1. The fraction of sp³-hybridized carbons (Fsp3) is 0.222. The van der Waals surface area contributed by atoms with Crippen LogP contribution in [0, 0.1) is 20.8 Å². The monoisotopic (exact) mass is 392 g/mol. The molecule has 0 bridgehead atoms. The molecule has 1 aromatic carbocycles. The number of halogens is 1. The molecule has 1 N–H and O–H groups in total. The summed E-state index contributed by atoms with van der Waals surface area (Å²) in [6, 6.07) is 7.36. The van der Waals surface area contributed by atoms with Gasteiger partial charge in [-0.2, -0.15) is 0 Å². The number of ether oxygens (including phenoxy) is 1. The summed E-state index contributed by atoms with van der Waals surface area (Å²) < 4.78 is 5.81. The van der Waals surface area contributed by atoms with E-state index in [2.05, 4.69) is 10.3 Å². The third-order valence-electron chi connectivity index (χ3n) is 3.66. The van der Waals surface area contributed by atoms with Crippen LogP contribution < -0.4 is 10.1 Å². The molecule has 2 heterocycles. The third kappa shape index (κ3) is 4.39. The van der Waals surface area contributed by atoms with Crippen molar-refractivity contribution in [3.05, 3.63) is 61.2 Å². The number of nitrogens with one attached hydrogen (secondary N) is 1. The van der Waals surface area contributed by atoms with Gasteiger partial charge in [0.15, 0.2) is 5.13 Å². The Morgan fingerprint density at radius 1 is 1.28 bits per heavy atom. The van der Waals surface area contributed by atoms with Gasteiger partial charge in [-0.1, -0.05) is 11.6 Å². The molecule has 3 rings (SSSR count). The Bertz CT molecular complexity index is 898. The second-order valence-electron chi connectivity index (χ2n) is 5.63. The molecule has 0 saturated heterocycles. The highest BCUT2D eigenvalue weighted by atomic mass is 35.5. The molecule has 3 aromatic rings. The number of nitrogens with zero attached hydrogens (tertiary/aromatic N) is 1. The van der Waals surface area contributed by atoms with E-state index in [0.29, 0.717) is 21.6 Å². The lowest BCUT2D eigenvalue weighted by molar-refractivity contribution is 0.103. The van der Waals surface area contributed by atoms with Crippen LogP contribution in [0.4, 0.5) is 5.13 Å². The van der Waals surface area contributed by atoms with Gasteiger partial charge in [-0.25, -0.2) is 4.98 Å². The summed E-state index contributed by atoms with van der Waals surface area (Å²) in [7, 11) is 0. The molecule has 7 heteroatoms. The van der Waals surface area contributed by atoms with E-state index in [1.54, 1.807) is 6.07 Å². The number of rotatable bonds is 5.